The van der Waals surface area contributed by atoms with Crippen LogP contribution in [0.15, 0.2) is 18.5 Å². The summed E-state index contributed by atoms with van der Waals surface area (Å²) in [5.41, 5.74) is 1.06. The molecule has 0 amide bonds. The van der Waals surface area contributed by atoms with Gasteiger partial charge < -0.3 is 9.80 Å². The van der Waals surface area contributed by atoms with Crippen LogP contribution in [0.3, 0.4) is 0 Å². The van der Waals surface area contributed by atoms with Gasteiger partial charge in [-0.2, -0.15) is 4.98 Å². The highest BCUT2D eigenvalue weighted by Gasteiger charge is 2.20. The fraction of sp³-hybridized carbons (Fsp3) is 0.647. The van der Waals surface area contributed by atoms with Crippen molar-refractivity contribution in [3.05, 3.63) is 24.2 Å². The minimum Gasteiger partial charge on any atom is -0.356 e. The highest BCUT2D eigenvalue weighted by Crippen LogP contribution is 2.20. The monoisotopic (exact) mass is 342 g/mol. The van der Waals surface area contributed by atoms with E-state index in [1.165, 1.54) is 12.8 Å². The molecule has 4 rings (SSSR count). The number of piperazine rings is 1. The van der Waals surface area contributed by atoms with Crippen molar-refractivity contribution in [3.63, 3.8) is 0 Å². The first-order chi connectivity index (χ1) is 12.3. The Bertz CT molecular complexity index is 685. The van der Waals surface area contributed by atoms with Crippen molar-refractivity contribution in [1.82, 2.24) is 29.9 Å². The van der Waals surface area contributed by atoms with E-state index in [4.69, 9.17) is 4.98 Å². The van der Waals surface area contributed by atoms with Crippen LogP contribution in [0, 0.1) is 0 Å². The largest absolute Gasteiger partial charge is 0.356 e. The first kappa shape index (κ1) is 16.3. The third kappa shape index (κ3) is 3.89. The summed E-state index contributed by atoms with van der Waals surface area (Å²) in [7, 11) is 1.91. The van der Waals surface area contributed by atoms with E-state index in [0.717, 1.165) is 69.7 Å². The van der Waals surface area contributed by atoms with E-state index in [9.17, 15) is 0 Å². The average Bonchev–Trinajstić information content (AvgIpc) is 3.32. The SMILES string of the molecule is Cn1cc(CCN2CCN(c3nccc(N4CCCC4)n3)CC2)nn1. The van der Waals surface area contributed by atoms with E-state index in [-0.39, 0.29) is 0 Å². The van der Waals surface area contributed by atoms with Gasteiger partial charge in [-0.3, -0.25) is 9.58 Å². The van der Waals surface area contributed by atoms with Crippen LogP contribution < -0.4 is 9.80 Å². The van der Waals surface area contributed by atoms with Crippen LogP contribution in [-0.4, -0.2) is 75.7 Å². The molecule has 0 bridgehead atoms. The average molecular weight is 342 g/mol. The number of aryl methyl sites for hydroxylation is 1. The Morgan fingerprint density at radius 3 is 2.52 bits per heavy atom. The molecule has 2 aromatic heterocycles. The van der Waals surface area contributed by atoms with Crippen LogP contribution in [0.25, 0.3) is 0 Å². The summed E-state index contributed by atoms with van der Waals surface area (Å²) in [4.78, 5) is 16.5. The fourth-order valence-corrected chi connectivity index (χ4v) is 3.57. The van der Waals surface area contributed by atoms with Gasteiger partial charge >= 0.3 is 0 Å². The highest BCUT2D eigenvalue weighted by atomic mass is 15.4. The molecule has 2 aromatic rings. The van der Waals surface area contributed by atoms with Crippen molar-refractivity contribution in [3.8, 4) is 0 Å². The molecular formula is C17H26N8. The lowest BCUT2D eigenvalue weighted by Crippen LogP contribution is -2.47. The standard InChI is InChI=1S/C17H26N8/c1-22-14-15(20-21-22)5-9-23-10-12-25(13-11-23)17-18-6-4-16(19-17)24-7-2-3-8-24/h4,6,14H,2-3,5,7-13H2,1H3. The Morgan fingerprint density at radius 1 is 1.00 bits per heavy atom. The molecule has 0 atom stereocenters. The molecule has 2 aliphatic rings. The van der Waals surface area contributed by atoms with Crippen molar-refractivity contribution in [2.45, 2.75) is 19.3 Å². The molecule has 0 saturated carbocycles. The molecule has 0 radical (unpaired) electrons. The molecule has 2 saturated heterocycles. The Hall–Kier alpha value is -2.22. The Kier molecular flexibility index (Phi) is 4.78. The zero-order valence-corrected chi connectivity index (χ0v) is 14.9. The normalized spacial score (nSPS) is 18.9. The third-order valence-electron chi connectivity index (χ3n) is 5.05. The van der Waals surface area contributed by atoms with Gasteiger partial charge in [0, 0.05) is 71.7 Å². The van der Waals surface area contributed by atoms with Crippen molar-refractivity contribution in [2.24, 2.45) is 7.05 Å². The van der Waals surface area contributed by atoms with Crippen LogP contribution in [0.4, 0.5) is 11.8 Å². The van der Waals surface area contributed by atoms with Gasteiger partial charge in [0.1, 0.15) is 5.82 Å². The number of rotatable bonds is 5. The first-order valence-corrected chi connectivity index (χ1v) is 9.18. The number of hydrogen-bond acceptors (Lipinski definition) is 7. The molecule has 0 spiro atoms. The van der Waals surface area contributed by atoms with Gasteiger partial charge in [-0.15, -0.1) is 5.10 Å². The number of aromatic nitrogens is 5. The molecule has 8 nitrogen and oxygen atoms in total. The molecule has 4 heterocycles. The van der Waals surface area contributed by atoms with Gasteiger partial charge in [-0.1, -0.05) is 5.21 Å². The smallest absolute Gasteiger partial charge is 0.227 e. The van der Waals surface area contributed by atoms with Crippen LogP contribution >= 0.6 is 0 Å². The lowest BCUT2D eigenvalue weighted by molar-refractivity contribution is 0.259. The van der Waals surface area contributed by atoms with E-state index < -0.39 is 0 Å². The molecule has 2 fully saturated rings. The lowest BCUT2D eigenvalue weighted by Gasteiger charge is -2.34. The second-order valence-electron chi connectivity index (χ2n) is 6.87. The predicted octanol–water partition coefficient (Wildman–Crippen LogP) is 0.570. The van der Waals surface area contributed by atoms with Crippen LogP contribution in [0.2, 0.25) is 0 Å². The first-order valence-electron chi connectivity index (χ1n) is 9.18. The zero-order chi connectivity index (χ0) is 17.1. The van der Waals surface area contributed by atoms with Gasteiger partial charge in [0.15, 0.2) is 0 Å². The van der Waals surface area contributed by atoms with E-state index in [1.807, 2.05) is 25.5 Å². The van der Waals surface area contributed by atoms with Crippen molar-refractivity contribution in [1.29, 1.82) is 0 Å². The van der Waals surface area contributed by atoms with Crippen LogP contribution in [0.1, 0.15) is 18.5 Å². The van der Waals surface area contributed by atoms with Crippen molar-refractivity contribution < 1.29 is 0 Å². The molecule has 0 aromatic carbocycles. The predicted molar refractivity (Wildman–Crippen MR) is 96.8 cm³/mol. The number of anilines is 2. The van der Waals surface area contributed by atoms with Gasteiger partial charge in [-0.05, 0) is 18.9 Å². The Labute approximate surface area is 148 Å². The molecule has 134 valence electrons. The van der Waals surface area contributed by atoms with E-state index >= 15 is 0 Å². The van der Waals surface area contributed by atoms with Crippen LogP contribution in [-0.2, 0) is 13.5 Å². The summed E-state index contributed by atoms with van der Waals surface area (Å²) < 4.78 is 1.76. The molecule has 0 aliphatic carbocycles. The van der Waals surface area contributed by atoms with Gasteiger partial charge in [0.2, 0.25) is 5.95 Å². The Balaban J connectivity index is 1.30. The molecule has 2 aliphatic heterocycles. The third-order valence-corrected chi connectivity index (χ3v) is 5.05. The molecular weight excluding hydrogens is 316 g/mol. The second kappa shape index (κ2) is 7.35. The quantitative estimate of drug-likeness (QED) is 0.787. The van der Waals surface area contributed by atoms with Crippen molar-refractivity contribution >= 4 is 11.8 Å². The maximum Gasteiger partial charge on any atom is 0.227 e. The van der Waals surface area contributed by atoms with Gasteiger partial charge in [0.05, 0.1) is 5.69 Å². The fourth-order valence-electron chi connectivity index (χ4n) is 3.57. The van der Waals surface area contributed by atoms with E-state index in [1.54, 1.807) is 4.68 Å². The summed E-state index contributed by atoms with van der Waals surface area (Å²) in [5.74, 6) is 1.95. The van der Waals surface area contributed by atoms with E-state index in [0.29, 0.717) is 0 Å². The maximum absolute atomic E-state index is 4.80. The molecule has 0 unspecified atom stereocenters. The maximum atomic E-state index is 4.80. The second-order valence-corrected chi connectivity index (χ2v) is 6.87. The minimum atomic E-state index is 0.873. The topological polar surface area (TPSA) is 66.2 Å². The number of hydrogen-bond donors (Lipinski definition) is 0. The summed E-state index contributed by atoms with van der Waals surface area (Å²) in [6.45, 7) is 7.30. The van der Waals surface area contributed by atoms with Crippen LogP contribution in [0.5, 0.6) is 0 Å². The van der Waals surface area contributed by atoms with Crippen molar-refractivity contribution in [2.75, 3.05) is 55.6 Å². The summed E-state index contributed by atoms with van der Waals surface area (Å²) in [6, 6.07) is 2.03. The summed E-state index contributed by atoms with van der Waals surface area (Å²) in [5, 5.41) is 8.15. The van der Waals surface area contributed by atoms with E-state index in [2.05, 4.69) is 30.0 Å². The molecule has 25 heavy (non-hydrogen) atoms. The summed E-state index contributed by atoms with van der Waals surface area (Å²) >= 11 is 0. The Morgan fingerprint density at radius 2 is 1.80 bits per heavy atom. The number of nitrogens with zero attached hydrogens (tertiary/aromatic N) is 8. The summed E-state index contributed by atoms with van der Waals surface area (Å²) in [6.07, 6.45) is 7.38. The molecule has 0 N–H and O–H groups in total. The van der Waals surface area contributed by atoms with Gasteiger partial charge in [-0.25, -0.2) is 4.98 Å². The van der Waals surface area contributed by atoms with Gasteiger partial charge in [0.25, 0.3) is 0 Å². The zero-order valence-electron chi connectivity index (χ0n) is 14.9. The minimum absolute atomic E-state index is 0.873. The lowest BCUT2D eigenvalue weighted by atomic mass is 10.2. The molecule has 8 heteroatoms. The highest BCUT2D eigenvalue weighted by molar-refractivity contribution is 5.44.